The molecular formula is C16H10Cl2N2S. The van der Waals surface area contributed by atoms with E-state index < -0.39 is 0 Å². The predicted octanol–water partition coefficient (Wildman–Crippen LogP) is 5.59. The smallest absolute Gasteiger partial charge is 0.101 e. The highest BCUT2D eigenvalue weighted by Gasteiger charge is 2.25. The zero-order chi connectivity index (χ0) is 14.8. The molecule has 0 saturated heterocycles. The van der Waals surface area contributed by atoms with Crippen LogP contribution < -0.4 is 4.31 Å². The molecule has 0 spiro atoms. The Bertz CT molecular complexity index is 752. The van der Waals surface area contributed by atoms with Crippen LogP contribution in [-0.4, -0.2) is 0 Å². The van der Waals surface area contributed by atoms with Gasteiger partial charge in [-0.25, -0.2) is 0 Å². The Balaban J connectivity index is 2.01. The zero-order valence-electron chi connectivity index (χ0n) is 10.8. The fourth-order valence-electron chi connectivity index (χ4n) is 2.23. The summed E-state index contributed by atoms with van der Waals surface area (Å²) in [7, 11) is 0. The molecule has 0 fully saturated rings. The first kappa shape index (κ1) is 14.3. The molecule has 1 aliphatic heterocycles. The van der Waals surface area contributed by atoms with E-state index in [4.69, 9.17) is 23.2 Å². The van der Waals surface area contributed by atoms with Crippen molar-refractivity contribution >= 4 is 40.8 Å². The van der Waals surface area contributed by atoms with Gasteiger partial charge in [-0.3, -0.25) is 4.31 Å². The van der Waals surface area contributed by atoms with Crippen molar-refractivity contribution in [3.05, 3.63) is 75.1 Å². The summed E-state index contributed by atoms with van der Waals surface area (Å²) in [6.45, 7) is 0. The lowest BCUT2D eigenvalue weighted by Crippen LogP contribution is -2.17. The average molecular weight is 333 g/mol. The van der Waals surface area contributed by atoms with E-state index >= 15 is 0 Å². The van der Waals surface area contributed by atoms with E-state index in [1.165, 1.54) is 0 Å². The van der Waals surface area contributed by atoms with Crippen molar-refractivity contribution in [2.75, 3.05) is 4.31 Å². The predicted molar refractivity (Wildman–Crippen MR) is 89.6 cm³/mol. The average Bonchev–Trinajstić information content (AvgIpc) is 2.99. The fraction of sp³-hybridized carbons (Fsp3) is 0.0625. The molecule has 1 atom stereocenters. The van der Waals surface area contributed by atoms with E-state index in [1.807, 2.05) is 41.8 Å². The van der Waals surface area contributed by atoms with Crippen molar-refractivity contribution in [2.45, 2.75) is 6.04 Å². The molecule has 21 heavy (non-hydrogen) atoms. The van der Waals surface area contributed by atoms with Crippen LogP contribution >= 0.6 is 35.1 Å². The number of para-hydroxylation sites is 1. The maximum absolute atomic E-state index is 9.27. The minimum absolute atomic E-state index is 0.0271. The van der Waals surface area contributed by atoms with Gasteiger partial charge in [0.05, 0.1) is 27.3 Å². The van der Waals surface area contributed by atoms with Gasteiger partial charge in [0.1, 0.15) is 6.07 Å². The van der Waals surface area contributed by atoms with Crippen molar-refractivity contribution in [3.63, 3.8) is 0 Å². The lowest BCUT2D eigenvalue weighted by atomic mass is 10.1. The monoisotopic (exact) mass is 332 g/mol. The van der Waals surface area contributed by atoms with Crippen molar-refractivity contribution in [2.24, 2.45) is 0 Å². The maximum Gasteiger partial charge on any atom is 0.101 e. The highest BCUT2D eigenvalue weighted by molar-refractivity contribution is 8.03. The summed E-state index contributed by atoms with van der Waals surface area (Å²) in [5.41, 5.74) is 2.59. The molecule has 0 saturated carbocycles. The van der Waals surface area contributed by atoms with Gasteiger partial charge in [0.15, 0.2) is 0 Å². The van der Waals surface area contributed by atoms with Crippen LogP contribution in [0.5, 0.6) is 0 Å². The van der Waals surface area contributed by atoms with Crippen LogP contribution in [0.2, 0.25) is 10.0 Å². The first-order valence-corrected chi connectivity index (χ1v) is 7.86. The number of benzene rings is 2. The number of anilines is 1. The Morgan fingerprint density at radius 3 is 2.67 bits per heavy atom. The van der Waals surface area contributed by atoms with Crippen LogP contribution in [-0.2, 0) is 0 Å². The normalized spacial score (nSPS) is 17.0. The third kappa shape index (κ3) is 2.75. The molecular weight excluding hydrogens is 323 g/mol. The molecule has 104 valence electrons. The van der Waals surface area contributed by atoms with E-state index in [0.29, 0.717) is 15.6 Å². The number of nitrogens with zero attached hydrogens (tertiary/aromatic N) is 2. The van der Waals surface area contributed by atoms with Gasteiger partial charge in [0.2, 0.25) is 0 Å². The molecule has 3 rings (SSSR count). The number of hydrogen-bond donors (Lipinski definition) is 0. The zero-order valence-corrected chi connectivity index (χ0v) is 13.2. The van der Waals surface area contributed by atoms with E-state index in [1.54, 1.807) is 18.0 Å². The second kappa shape index (κ2) is 6.03. The van der Waals surface area contributed by atoms with Gasteiger partial charge in [-0.1, -0.05) is 41.4 Å². The lowest BCUT2D eigenvalue weighted by molar-refractivity contribution is 0.924. The van der Waals surface area contributed by atoms with Gasteiger partial charge in [0, 0.05) is 0 Å². The first-order valence-electron chi connectivity index (χ1n) is 6.27. The molecule has 1 heterocycles. The van der Waals surface area contributed by atoms with Gasteiger partial charge in [0.25, 0.3) is 0 Å². The molecule has 0 radical (unpaired) electrons. The molecule has 2 aromatic rings. The van der Waals surface area contributed by atoms with Crippen molar-refractivity contribution in [1.82, 2.24) is 0 Å². The summed E-state index contributed by atoms with van der Waals surface area (Å²) in [4.78, 5) is 0. The van der Waals surface area contributed by atoms with Crippen LogP contribution in [0.3, 0.4) is 0 Å². The molecule has 0 bridgehead atoms. The molecule has 0 amide bonds. The number of halogens is 2. The fourth-order valence-corrected chi connectivity index (χ4v) is 3.48. The van der Waals surface area contributed by atoms with Crippen LogP contribution in [0.1, 0.15) is 17.2 Å². The first-order chi connectivity index (χ1) is 10.2. The minimum atomic E-state index is 0.0271. The summed E-state index contributed by atoms with van der Waals surface area (Å²) in [5.74, 6) is 0. The van der Waals surface area contributed by atoms with Crippen molar-refractivity contribution < 1.29 is 0 Å². The summed E-state index contributed by atoms with van der Waals surface area (Å²) < 4.78 is 2.10. The second-order valence-corrected chi connectivity index (χ2v) is 6.20. The molecule has 5 heteroatoms. The van der Waals surface area contributed by atoms with Gasteiger partial charge in [-0.15, -0.1) is 0 Å². The van der Waals surface area contributed by atoms with E-state index in [2.05, 4.69) is 16.5 Å². The summed E-state index contributed by atoms with van der Waals surface area (Å²) in [6, 6.07) is 15.4. The van der Waals surface area contributed by atoms with E-state index in [9.17, 15) is 5.26 Å². The third-order valence-corrected chi connectivity index (χ3v) is 4.90. The number of nitriles is 1. The lowest BCUT2D eigenvalue weighted by Gasteiger charge is -2.26. The van der Waals surface area contributed by atoms with E-state index in [0.717, 1.165) is 11.3 Å². The summed E-state index contributed by atoms with van der Waals surface area (Å²) in [6.07, 6.45) is 2.08. The van der Waals surface area contributed by atoms with Crippen LogP contribution in [0.15, 0.2) is 53.9 Å². The van der Waals surface area contributed by atoms with Crippen molar-refractivity contribution in [1.29, 1.82) is 5.26 Å². The minimum Gasteiger partial charge on any atom is -0.300 e. The molecule has 0 N–H and O–H groups in total. The van der Waals surface area contributed by atoms with Crippen LogP contribution in [0.25, 0.3) is 0 Å². The Kier molecular flexibility index (Phi) is 4.12. The molecule has 2 aromatic carbocycles. The number of rotatable bonds is 2. The highest BCUT2D eigenvalue weighted by atomic mass is 35.5. The summed E-state index contributed by atoms with van der Waals surface area (Å²) >= 11 is 13.7. The Morgan fingerprint density at radius 1 is 1.10 bits per heavy atom. The van der Waals surface area contributed by atoms with Crippen LogP contribution in [0, 0.1) is 11.3 Å². The Labute approximate surface area is 137 Å². The van der Waals surface area contributed by atoms with E-state index in [-0.39, 0.29) is 6.04 Å². The molecule has 0 aromatic heterocycles. The third-order valence-electron chi connectivity index (χ3n) is 3.24. The second-order valence-electron chi connectivity index (χ2n) is 4.51. The Hall–Kier alpha value is -1.60. The Morgan fingerprint density at radius 2 is 1.90 bits per heavy atom. The molecule has 1 aliphatic rings. The van der Waals surface area contributed by atoms with Gasteiger partial charge < -0.3 is 0 Å². The number of hydrogen-bond acceptors (Lipinski definition) is 3. The topological polar surface area (TPSA) is 27.0 Å². The van der Waals surface area contributed by atoms with Gasteiger partial charge >= 0.3 is 0 Å². The molecule has 1 unspecified atom stereocenters. The standard InChI is InChI=1S/C16H10Cl2N2S/c17-13-6-5-11(9-14(13)18)16-7-8-21-20(16)15-4-2-1-3-12(15)10-19/h1-9,16H. The van der Waals surface area contributed by atoms with Crippen molar-refractivity contribution in [3.8, 4) is 6.07 Å². The van der Waals surface area contributed by atoms with Gasteiger partial charge in [-0.2, -0.15) is 5.26 Å². The quantitative estimate of drug-likeness (QED) is 0.671. The molecule has 2 nitrogen and oxygen atoms in total. The summed E-state index contributed by atoms with van der Waals surface area (Å²) in [5, 5.41) is 12.4. The SMILES string of the molecule is N#Cc1ccccc1N1SC=CC1c1ccc(Cl)c(Cl)c1. The maximum atomic E-state index is 9.27. The highest BCUT2D eigenvalue weighted by Crippen LogP contribution is 2.42. The largest absolute Gasteiger partial charge is 0.300 e. The van der Waals surface area contributed by atoms with Crippen LogP contribution in [0.4, 0.5) is 5.69 Å². The molecule has 0 aliphatic carbocycles. The van der Waals surface area contributed by atoms with Gasteiger partial charge in [-0.05, 0) is 53.3 Å².